The Morgan fingerprint density at radius 3 is 2.51 bits per heavy atom. The molecule has 2 aliphatic heterocycles. The fourth-order valence-electron chi connectivity index (χ4n) is 6.70. The maximum Gasteiger partial charge on any atom is 0.416 e. The molecule has 5 aromatic rings. The molecule has 18 heteroatoms. The molecule has 1 saturated heterocycles. The molecule has 0 spiro atoms. The fraction of sp³-hybridized carbons (Fsp3) is 0.343. The number of anilines is 2. The van der Waals surface area contributed by atoms with Crippen molar-refractivity contribution < 1.29 is 32.6 Å². The van der Waals surface area contributed by atoms with Crippen LogP contribution in [0.4, 0.5) is 24.5 Å². The van der Waals surface area contributed by atoms with E-state index in [2.05, 4.69) is 20.4 Å². The van der Waals surface area contributed by atoms with Crippen LogP contribution in [0.25, 0.3) is 17.2 Å². The second-order valence-corrected chi connectivity index (χ2v) is 13.2. The first-order valence-corrected chi connectivity index (χ1v) is 17.1. The lowest BCUT2D eigenvalue weighted by atomic mass is 10.0. The van der Waals surface area contributed by atoms with E-state index in [-0.39, 0.29) is 77.7 Å². The van der Waals surface area contributed by atoms with Gasteiger partial charge in [0.15, 0.2) is 17.3 Å². The van der Waals surface area contributed by atoms with Crippen LogP contribution in [0.2, 0.25) is 5.02 Å². The van der Waals surface area contributed by atoms with Crippen molar-refractivity contribution in [1.29, 1.82) is 0 Å². The zero-order valence-corrected chi connectivity index (χ0v) is 29.5. The molecule has 3 aromatic heterocycles. The van der Waals surface area contributed by atoms with E-state index < -0.39 is 35.7 Å². The molecule has 14 nitrogen and oxygen atoms in total. The zero-order valence-electron chi connectivity index (χ0n) is 28.8. The van der Waals surface area contributed by atoms with Gasteiger partial charge in [-0.3, -0.25) is 14.4 Å². The molecule has 0 radical (unpaired) electrons. The number of piperazine rings is 1. The van der Waals surface area contributed by atoms with Gasteiger partial charge in [0, 0.05) is 31.7 Å². The summed E-state index contributed by atoms with van der Waals surface area (Å²) in [6.07, 6.45) is -3.14. The number of ether oxygens (including phenoxy) is 1. The average molecular weight is 752 g/mol. The number of carbonyl (C=O) groups is 2. The number of aromatic nitrogens is 6. The van der Waals surface area contributed by atoms with Crippen LogP contribution in [0.3, 0.4) is 0 Å². The van der Waals surface area contributed by atoms with Crippen LogP contribution in [0, 0.1) is 13.8 Å². The molecule has 0 unspecified atom stereocenters. The summed E-state index contributed by atoms with van der Waals surface area (Å²) in [5.74, 6) is -1.09. The van der Waals surface area contributed by atoms with E-state index >= 15 is 0 Å². The average Bonchev–Trinajstić information content (AvgIpc) is 3.80. The van der Waals surface area contributed by atoms with Gasteiger partial charge in [0.1, 0.15) is 18.6 Å². The fourth-order valence-corrected chi connectivity index (χ4v) is 6.93. The van der Waals surface area contributed by atoms with Gasteiger partial charge in [-0.05, 0) is 67.3 Å². The minimum absolute atomic E-state index is 0.0244. The molecule has 0 atom stereocenters. The molecule has 5 heterocycles. The molecule has 0 aliphatic carbocycles. The van der Waals surface area contributed by atoms with Crippen molar-refractivity contribution >= 4 is 40.6 Å². The normalized spacial score (nSPS) is 14.5. The number of carbonyl (C=O) groups excluding carboxylic acids is 2. The third kappa shape index (κ3) is 6.65. The SMILES string of the molecule is CCc1c(N2CCN(C(=O)c3ncnc(C)c3O)CC2)c(=O)n2nc(-c3cc(C)c4c(c3)COC4)nc2n1CC(=O)Nc1ccc(C(F)(F)F)cc1Cl. The van der Waals surface area contributed by atoms with Crippen molar-refractivity contribution in [3.8, 4) is 17.1 Å². The Bertz CT molecular complexity index is 2350. The Morgan fingerprint density at radius 1 is 1.06 bits per heavy atom. The van der Waals surface area contributed by atoms with Crippen molar-refractivity contribution in [3.63, 3.8) is 0 Å². The van der Waals surface area contributed by atoms with Crippen molar-refractivity contribution in [2.24, 2.45) is 0 Å². The molecule has 2 aromatic carbocycles. The molecule has 53 heavy (non-hydrogen) atoms. The van der Waals surface area contributed by atoms with Crippen LogP contribution in [-0.4, -0.2) is 77.1 Å². The highest BCUT2D eigenvalue weighted by Crippen LogP contribution is 2.34. The third-order valence-electron chi connectivity index (χ3n) is 9.45. The van der Waals surface area contributed by atoms with Crippen molar-refractivity contribution in [3.05, 3.63) is 91.4 Å². The van der Waals surface area contributed by atoms with Gasteiger partial charge in [-0.2, -0.15) is 22.7 Å². The standard InChI is InChI=1S/C35H33ClF3N9O5/c1-4-26-29(45-7-9-46(10-8-45)32(51)28-30(50)19(3)40-17-41-28)33(52)48-34(43-31(44-48)20-11-18(2)23-16-53-15-21(23)12-20)47(26)14-27(49)42-25-6-5-22(13-24(25)36)35(37,38)39/h5-6,11-13,17,50H,4,7-10,14-16H2,1-3H3,(H,42,49). The lowest BCUT2D eigenvalue weighted by molar-refractivity contribution is -0.137. The number of benzene rings is 2. The summed E-state index contributed by atoms with van der Waals surface area (Å²) in [5.41, 5.74) is 3.07. The summed E-state index contributed by atoms with van der Waals surface area (Å²) in [4.78, 5) is 57.2. The molecule has 7 rings (SSSR count). The molecule has 2 N–H and O–H groups in total. The van der Waals surface area contributed by atoms with E-state index in [4.69, 9.17) is 21.3 Å². The minimum Gasteiger partial charge on any atom is -0.504 e. The highest BCUT2D eigenvalue weighted by Gasteiger charge is 2.32. The first kappa shape index (κ1) is 35.8. The summed E-state index contributed by atoms with van der Waals surface area (Å²) >= 11 is 6.14. The number of alkyl halides is 3. The quantitative estimate of drug-likeness (QED) is 0.242. The molecule has 2 amide bonds. The van der Waals surface area contributed by atoms with E-state index in [1.165, 1.54) is 11.2 Å². The summed E-state index contributed by atoms with van der Waals surface area (Å²) in [7, 11) is 0. The number of rotatable bonds is 7. The van der Waals surface area contributed by atoms with Crippen molar-refractivity contribution in [1.82, 2.24) is 34.0 Å². The van der Waals surface area contributed by atoms with Gasteiger partial charge in [0.2, 0.25) is 11.7 Å². The number of aromatic hydroxyl groups is 1. The Hall–Kier alpha value is -5.55. The predicted molar refractivity (Wildman–Crippen MR) is 187 cm³/mol. The number of hydrogen-bond donors (Lipinski definition) is 2. The van der Waals surface area contributed by atoms with E-state index in [9.17, 15) is 32.7 Å². The van der Waals surface area contributed by atoms with E-state index in [0.29, 0.717) is 24.5 Å². The Balaban J connectivity index is 1.27. The molecule has 0 bridgehead atoms. The molecular weight excluding hydrogens is 719 g/mol. The topological polar surface area (TPSA) is 160 Å². The largest absolute Gasteiger partial charge is 0.504 e. The van der Waals surface area contributed by atoms with Crippen LogP contribution in [-0.2, 0) is 41.9 Å². The Kier molecular flexibility index (Phi) is 9.32. The first-order valence-electron chi connectivity index (χ1n) is 16.7. The van der Waals surface area contributed by atoms with E-state index in [1.807, 2.05) is 30.9 Å². The number of halogens is 4. The highest BCUT2D eigenvalue weighted by molar-refractivity contribution is 6.33. The van der Waals surface area contributed by atoms with Crippen LogP contribution in [0.5, 0.6) is 5.75 Å². The predicted octanol–water partition coefficient (Wildman–Crippen LogP) is 4.54. The lowest BCUT2D eigenvalue weighted by Gasteiger charge is -2.36. The summed E-state index contributed by atoms with van der Waals surface area (Å²) in [5, 5.41) is 17.3. The third-order valence-corrected chi connectivity index (χ3v) is 9.76. The second kappa shape index (κ2) is 13.8. The van der Waals surface area contributed by atoms with Gasteiger partial charge in [0.05, 0.1) is 40.9 Å². The lowest BCUT2D eigenvalue weighted by Crippen LogP contribution is -2.51. The van der Waals surface area contributed by atoms with Crippen LogP contribution in [0.1, 0.15) is 51.1 Å². The molecule has 2 aliphatic rings. The number of amides is 2. The van der Waals surface area contributed by atoms with Gasteiger partial charge < -0.3 is 29.5 Å². The van der Waals surface area contributed by atoms with Gasteiger partial charge in [-0.25, -0.2) is 9.97 Å². The van der Waals surface area contributed by atoms with Gasteiger partial charge in [0.25, 0.3) is 11.5 Å². The highest BCUT2D eigenvalue weighted by atomic mass is 35.5. The van der Waals surface area contributed by atoms with E-state index in [0.717, 1.165) is 39.4 Å². The van der Waals surface area contributed by atoms with Gasteiger partial charge in [-0.15, -0.1) is 5.10 Å². The molecule has 1 fully saturated rings. The Labute approximate surface area is 304 Å². The minimum atomic E-state index is -4.62. The van der Waals surface area contributed by atoms with E-state index in [1.54, 1.807) is 11.5 Å². The monoisotopic (exact) mass is 751 g/mol. The number of fused-ring (bicyclic) bond motifs is 2. The molecule has 276 valence electrons. The van der Waals surface area contributed by atoms with Crippen LogP contribution in [0.15, 0.2) is 41.5 Å². The molecular formula is C35H33ClF3N9O5. The molecule has 0 saturated carbocycles. The number of aryl methyl sites for hydroxylation is 2. The van der Waals surface area contributed by atoms with Crippen molar-refractivity contribution in [2.75, 3.05) is 36.4 Å². The second-order valence-electron chi connectivity index (χ2n) is 12.8. The number of hydrogen-bond acceptors (Lipinski definition) is 10. The van der Waals surface area contributed by atoms with Gasteiger partial charge >= 0.3 is 6.18 Å². The smallest absolute Gasteiger partial charge is 0.416 e. The summed E-state index contributed by atoms with van der Waals surface area (Å²) in [6.45, 7) is 6.68. The Morgan fingerprint density at radius 2 is 1.81 bits per heavy atom. The summed E-state index contributed by atoms with van der Waals surface area (Å²) in [6, 6.07) is 6.45. The maximum absolute atomic E-state index is 14.4. The first-order chi connectivity index (χ1) is 25.2. The zero-order chi connectivity index (χ0) is 37.8. The summed E-state index contributed by atoms with van der Waals surface area (Å²) < 4.78 is 48.1. The van der Waals surface area contributed by atoms with Crippen LogP contribution >= 0.6 is 11.6 Å². The van der Waals surface area contributed by atoms with Crippen molar-refractivity contribution in [2.45, 2.75) is 53.1 Å². The van der Waals surface area contributed by atoms with Crippen LogP contribution < -0.4 is 15.8 Å². The van der Waals surface area contributed by atoms with Gasteiger partial charge in [-0.1, -0.05) is 18.5 Å². The maximum atomic E-state index is 14.4. The number of nitrogens with zero attached hydrogens (tertiary/aromatic N) is 8. The number of nitrogens with one attached hydrogen (secondary N) is 1.